The molecule has 1 rings (SSSR count). The fourth-order valence-electron chi connectivity index (χ4n) is 1.64. The fourth-order valence-corrected chi connectivity index (χ4v) is 1.64. The lowest BCUT2D eigenvalue weighted by molar-refractivity contribution is -0.138. The van der Waals surface area contributed by atoms with Gasteiger partial charge in [-0.3, -0.25) is 4.79 Å². The second-order valence-corrected chi connectivity index (χ2v) is 4.41. The largest absolute Gasteiger partial charge is 0.481 e. The predicted octanol–water partition coefficient (Wildman–Crippen LogP) is 1.94. The highest BCUT2D eigenvalue weighted by molar-refractivity contribution is 5.67. The predicted molar refractivity (Wildman–Crippen MR) is 64.6 cm³/mol. The summed E-state index contributed by atoms with van der Waals surface area (Å²) in [5.74, 6) is -0.745. The highest BCUT2D eigenvalue weighted by Gasteiger charge is 2.15. The van der Waals surface area contributed by atoms with Crippen LogP contribution >= 0.6 is 0 Å². The van der Waals surface area contributed by atoms with E-state index in [0.29, 0.717) is 0 Å². The van der Waals surface area contributed by atoms with Gasteiger partial charge in [0.1, 0.15) is 0 Å². The molecular weight excluding hydrogens is 202 g/mol. The number of benzene rings is 1. The molecule has 0 aromatic heterocycles. The van der Waals surface area contributed by atoms with E-state index in [4.69, 9.17) is 5.11 Å². The summed E-state index contributed by atoms with van der Waals surface area (Å²) in [7, 11) is 3.84. The SMILES string of the molecule is Cc1ccc(CC(CC(=O)O)N(C)C)cc1. The van der Waals surface area contributed by atoms with E-state index in [-0.39, 0.29) is 12.5 Å². The van der Waals surface area contributed by atoms with Crippen LogP contribution in [0.2, 0.25) is 0 Å². The number of aryl methyl sites for hydroxylation is 1. The van der Waals surface area contributed by atoms with Crippen molar-refractivity contribution in [3.63, 3.8) is 0 Å². The molecule has 1 aromatic carbocycles. The Bertz CT molecular complexity index is 343. The van der Waals surface area contributed by atoms with Gasteiger partial charge in [0.15, 0.2) is 0 Å². The summed E-state index contributed by atoms with van der Waals surface area (Å²) in [5.41, 5.74) is 2.41. The average Bonchev–Trinajstić information content (AvgIpc) is 2.19. The Morgan fingerprint density at radius 2 is 1.88 bits per heavy atom. The van der Waals surface area contributed by atoms with Crippen molar-refractivity contribution < 1.29 is 9.90 Å². The number of nitrogens with zero attached hydrogens (tertiary/aromatic N) is 1. The van der Waals surface area contributed by atoms with Crippen LogP contribution in [0, 0.1) is 6.92 Å². The first-order valence-corrected chi connectivity index (χ1v) is 5.43. The van der Waals surface area contributed by atoms with E-state index in [0.717, 1.165) is 6.42 Å². The third-order valence-corrected chi connectivity index (χ3v) is 2.73. The monoisotopic (exact) mass is 221 g/mol. The Morgan fingerprint density at radius 3 is 2.31 bits per heavy atom. The fraction of sp³-hybridized carbons (Fsp3) is 0.462. The van der Waals surface area contributed by atoms with Gasteiger partial charge < -0.3 is 10.0 Å². The van der Waals surface area contributed by atoms with Crippen LogP contribution in [0.25, 0.3) is 0 Å². The topological polar surface area (TPSA) is 40.5 Å². The van der Waals surface area contributed by atoms with Crippen molar-refractivity contribution in [3.05, 3.63) is 35.4 Å². The van der Waals surface area contributed by atoms with E-state index in [2.05, 4.69) is 24.3 Å². The number of carboxylic acids is 1. The van der Waals surface area contributed by atoms with Crippen molar-refractivity contribution in [1.29, 1.82) is 0 Å². The molecule has 0 bridgehead atoms. The molecule has 0 heterocycles. The van der Waals surface area contributed by atoms with Crippen molar-refractivity contribution in [2.24, 2.45) is 0 Å². The normalized spacial score (nSPS) is 12.8. The second kappa shape index (κ2) is 5.66. The van der Waals surface area contributed by atoms with E-state index >= 15 is 0 Å². The number of aliphatic carboxylic acids is 1. The average molecular weight is 221 g/mol. The molecule has 1 aromatic rings. The van der Waals surface area contributed by atoms with Gasteiger partial charge in [-0.1, -0.05) is 29.8 Å². The van der Waals surface area contributed by atoms with Gasteiger partial charge in [-0.05, 0) is 33.0 Å². The lowest BCUT2D eigenvalue weighted by atomic mass is 10.0. The molecular formula is C13H19NO2. The summed E-state index contributed by atoms with van der Waals surface area (Å²) in [6.07, 6.45) is 0.959. The molecule has 3 heteroatoms. The molecule has 0 saturated heterocycles. The van der Waals surface area contributed by atoms with Crippen molar-refractivity contribution in [1.82, 2.24) is 4.90 Å². The minimum Gasteiger partial charge on any atom is -0.481 e. The number of rotatable bonds is 5. The van der Waals surface area contributed by atoms with Crippen LogP contribution in [0.5, 0.6) is 0 Å². The number of carbonyl (C=O) groups is 1. The zero-order valence-electron chi connectivity index (χ0n) is 10.1. The first-order valence-electron chi connectivity index (χ1n) is 5.43. The molecule has 0 radical (unpaired) electrons. The van der Waals surface area contributed by atoms with Crippen molar-refractivity contribution >= 4 is 5.97 Å². The van der Waals surface area contributed by atoms with Crippen LogP contribution in [0.3, 0.4) is 0 Å². The molecule has 16 heavy (non-hydrogen) atoms. The maximum absolute atomic E-state index is 10.7. The van der Waals surface area contributed by atoms with E-state index in [1.54, 1.807) is 0 Å². The first-order chi connectivity index (χ1) is 7.49. The highest BCUT2D eigenvalue weighted by Crippen LogP contribution is 2.11. The van der Waals surface area contributed by atoms with Gasteiger partial charge in [-0.25, -0.2) is 0 Å². The molecule has 3 nitrogen and oxygen atoms in total. The van der Waals surface area contributed by atoms with Gasteiger partial charge in [-0.2, -0.15) is 0 Å². The second-order valence-electron chi connectivity index (χ2n) is 4.41. The maximum atomic E-state index is 10.7. The zero-order valence-corrected chi connectivity index (χ0v) is 10.1. The summed E-state index contributed by atoms with van der Waals surface area (Å²) in [6, 6.07) is 8.30. The molecule has 1 atom stereocenters. The van der Waals surface area contributed by atoms with Gasteiger partial charge in [0, 0.05) is 6.04 Å². The summed E-state index contributed by atoms with van der Waals surface area (Å²) in [6.45, 7) is 2.05. The van der Waals surface area contributed by atoms with Crippen molar-refractivity contribution in [2.75, 3.05) is 14.1 Å². The van der Waals surface area contributed by atoms with Crippen LogP contribution in [-0.4, -0.2) is 36.1 Å². The van der Waals surface area contributed by atoms with Gasteiger partial charge >= 0.3 is 5.97 Å². The van der Waals surface area contributed by atoms with E-state index < -0.39 is 5.97 Å². The van der Waals surface area contributed by atoms with Gasteiger partial charge in [0.25, 0.3) is 0 Å². The Balaban J connectivity index is 2.67. The Morgan fingerprint density at radius 1 is 1.31 bits per heavy atom. The minimum atomic E-state index is -0.745. The number of carboxylic acid groups (broad SMARTS) is 1. The molecule has 0 aliphatic rings. The maximum Gasteiger partial charge on any atom is 0.304 e. The number of likely N-dealkylation sites (N-methyl/N-ethyl adjacent to an activating group) is 1. The summed E-state index contributed by atoms with van der Waals surface area (Å²) in [4.78, 5) is 12.7. The first kappa shape index (κ1) is 12.7. The molecule has 1 N–H and O–H groups in total. The van der Waals surface area contributed by atoms with Crippen molar-refractivity contribution in [3.8, 4) is 0 Å². The van der Waals surface area contributed by atoms with Crippen molar-refractivity contribution in [2.45, 2.75) is 25.8 Å². The molecule has 0 aliphatic carbocycles. The lowest BCUT2D eigenvalue weighted by Crippen LogP contribution is -2.32. The molecule has 0 fully saturated rings. The molecule has 0 spiro atoms. The van der Waals surface area contributed by atoms with E-state index in [1.165, 1.54) is 11.1 Å². The van der Waals surface area contributed by atoms with E-state index in [9.17, 15) is 4.79 Å². The summed E-state index contributed by atoms with van der Waals surface area (Å²) >= 11 is 0. The Labute approximate surface area is 96.7 Å². The molecule has 1 unspecified atom stereocenters. The number of hydrogen-bond acceptors (Lipinski definition) is 2. The molecule has 0 amide bonds. The Kier molecular flexibility index (Phi) is 4.50. The Hall–Kier alpha value is -1.35. The molecule has 88 valence electrons. The smallest absolute Gasteiger partial charge is 0.304 e. The quantitative estimate of drug-likeness (QED) is 0.826. The van der Waals surface area contributed by atoms with E-state index in [1.807, 2.05) is 25.9 Å². The zero-order chi connectivity index (χ0) is 12.1. The molecule has 0 aliphatic heterocycles. The summed E-state index contributed by atoms with van der Waals surface area (Å²) in [5, 5.41) is 8.83. The highest BCUT2D eigenvalue weighted by atomic mass is 16.4. The van der Waals surface area contributed by atoms with Gasteiger partial charge in [-0.15, -0.1) is 0 Å². The molecule has 0 saturated carbocycles. The third-order valence-electron chi connectivity index (χ3n) is 2.73. The van der Waals surface area contributed by atoms with Crippen LogP contribution < -0.4 is 0 Å². The van der Waals surface area contributed by atoms with Crippen LogP contribution in [0.15, 0.2) is 24.3 Å². The van der Waals surface area contributed by atoms with Crippen LogP contribution in [-0.2, 0) is 11.2 Å². The minimum absolute atomic E-state index is 0.0557. The van der Waals surface area contributed by atoms with Gasteiger partial charge in [0.05, 0.1) is 6.42 Å². The van der Waals surface area contributed by atoms with Gasteiger partial charge in [0.2, 0.25) is 0 Å². The summed E-state index contributed by atoms with van der Waals surface area (Å²) < 4.78 is 0. The van der Waals surface area contributed by atoms with Crippen LogP contribution in [0.1, 0.15) is 17.5 Å². The third kappa shape index (κ3) is 4.03. The lowest BCUT2D eigenvalue weighted by Gasteiger charge is -2.22. The van der Waals surface area contributed by atoms with Crippen LogP contribution in [0.4, 0.5) is 0 Å². The standard InChI is InChI=1S/C13H19NO2/c1-10-4-6-11(7-5-10)8-12(14(2)3)9-13(15)16/h4-7,12H,8-9H2,1-3H3,(H,15,16). The number of hydrogen-bond donors (Lipinski definition) is 1.